The molecule has 8 heteroatoms. The van der Waals surface area contributed by atoms with Gasteiger partial charge in [0.15, 0.2) is 0 Å². The van der Waals surface area contributed by atoms with Crippen molar-refractivity contribution >= 4 is 39.8 Å². The van der Waals surface area contributed by atoms with Crippen LogP contribution in [0, 0.1) is 10.1 Å². The Kier molecular flexibility index (Phi) is 6.95. The van der Waals surface area contributed by atoms with Gasteiger partial charge in [0.05, 0.1) is 4.92 Å². The molecule has 188 valence electrons. The Morgan fingerprint density at radius 1 is 0.763 bits per heavy atom. The second kappa shape index (κ2) is 10.8. The fourth-order valence-corrected chi connectivity index (χ4v) is 4.36. The maximum atomic E-state index is 13.4. The number of nitro groups is 1. The lowest BCUT2D eigenvalue weighted by Gasteiger charge is -2.18. The fourth-order valence-electron chi connectivity index (χ4n) is 4.36. The molecule has 0 saturated carbocycles. The van der Waals surface area contributed by atoms with Crippen LogP contribution < -0.4 is 10.6 Å². The molecule has 0 atom stereocenters. The maximum absolute atomic E-state index is 13.4. The van der Waals surface area contributed by atoms with E-state index in [4.69, 9.17) is 4.42 Å². The predicted octanol–water partition coefficient (Wildman–Crippen LogP) is 6.75. The highest BCUT2D eigenvalue weighted by molar-refractivity contribution is 6.14. The van der Waals surface area contributed by atoms with Gasteiger partial charge in [-0.05, 0) is 35.4 Å². The van der Waals surface area contributed by atoms with E-state index < -0.39 is 10.8 Å². The number of benzene rings is 4. The summed E-state index contributed by atoms with van der Waals surface area (Å²) in [6, 6.07) is 32.1. The highest BCUT2D eigenvalue weighted by Gasteiger charge is 2.25. The molecular weight excluding hydrogens is 482 g/mol. The average Bonchev–Trinajstić information content (AvgIpc) is 3.31. The van der Waals surface area contributed by atoms with Gasteiger partial charge in [-0.3, -0.25) is 19.7 Å². The van der Waals surface area contributed by atoms with Gasteiger partial charge < -0.3 is 15.1 Å². The van der Waals surface area contributed by atoms with E-state index in [1.54, 1.807) is 24.3 Å². The number of fused-ring (bicyclic) bond motifs is 1. The lowest BCUT2D eigenvalue weighted by atomic mass is 9.88. The molecule has 5 aromatic rings. The van der Waals surface area contributed by atoms with Crippen LogP contribution in [0.25, 0.3) is 11.0 Å². The van der Waals surface area contributed by atoms with Crippen molar-refractivity contribution in [3.63, 3.8) is 0 Å². The molecule has 5 rings (SSSR count). The van der Waals surface area contributed by atoms with Gasteiger partial charge in [-0.25, -0.2) is 0 Å². The number of hydrogen-bond donors (Lipinski definition) is 2. The van der Waals surface area contributed by atoms with Gasteiger partial charge in [-0.15, -0.1) is 0 Å². The number of amides is 2. The molecule has 0 saturated heterocycles. The van der Waals surface area contributed by atoms with Crippen LogP contribution in [0.2, 0.25) is 0 Å². The van der Waals surface area contributed by atoms with Gasteiger partial charge in [-0.2, -0.15) is 0 Å². The summed E-state index contributed by atoms with van der Waals surface area (Å²) < 4.78 is 5.84. The molecule has 0 spiro atoms. The maximum Gasteiger partial charge on any atom is 0.293 e. The summed E-state index contributed by atoms with van der Waals surface area (Å²) in [5.74, 6) is -1.12. The van der Waals surface area contributed by atoms with Gasteiger partial charge in [0.2, 0.25) is 11.7 Å². The van der Waals surface area contributed by atoms with E-state index in [1.807, 2.05) is 60.7 Å². The van der Waals surface area contributed by atoms with Crippen molar-refractivity contribution in [2.75, 3.05) is 10.6 Å². The fraction of sp³-hybridized carbons (Fsp3) is 0.0667. The molecule has 1 heterocycles. The molecule has 4 aromatic carbocycles. The van der Waals surface area contributed by atoms with Crippen molar-refractivity contribution in [1.82, 2.24) is 0 Å². The molecule has 2 N–H and O–H groups in total. The molecule has 1 aromatic heterocycles. The first-order valence-corrected chi connectivity index (χ1v) is 12.0. The van der Waals surface area contributed by atoms with Crippen LogP contribution in [-0.4, -0.2) is 16.7 Å². The Balaban J connectivity index is 1.42. The number of hydrogen-bond acceptors (Lipinski definition) is 5. The Bertz CT molecular complexity index is 1560. The minimum atomic E-state index is -0.590. The SMILES string of the molecule is O=C(CC(c1ccccc1)c1ccccc1)Nc1c(C(=O)Nc2ccc([N+](=O)[O-])cc2)oc2ccccc12. The zero-order valence-corrected chi connectivity index (χ0v) is 20.2. The quantitative estimate of drug-likeness (QED) is 0.179. The number of nitrogens with zero attached hydrogens (tertiary/aromatic N) is 1. The Morgan fingerprint density at radius 2 is 1.34 bits per heavy atom. The molecule has 0 aliphatic rings. The second-order valence-electron chi connectivity index (χ2n) is 8.69. The normalized spacial score (nSPS) is 10.9. The first-order valence-electron chi connectivity index (χ1n) is 12.0. The van der Waals surface area contributed by atoms with E-state index in [0.29, 0.717) is 16.7 Å². The van der Waals surface area contributed by atoms with Crippen LogP contribution in [0.1, 0.15) is 34.0 Å². The number of nitrogens with one attached hydrogen (secondary N) is 2. The molecule has 0 aliphatic carbocycles. The topological polar surface area (TPSA) is 114 Å². The van der Waals surface area contributed by atoms with E-state index in [1.165, 1.54) is 24.3 Å². The van der Waals surface area contributed by atoms with Crippen molar-refractivity contribution in [2.45, 2.75) is 12.3 Å². The van der Waals surface area contributed by atoms with E-state index >= 15 is 0 Å². The van der Waals surface area contributed by atoms with Crippen molar-refractivity contribution in [2.24, 2.45) is 0 Å². The van der Waals surface area contributed by atoms with E-state index in [9.17, 15) is 19.7 Å². The van der Waals surface area contributed by atoms with Gasteiger partial charge >= 0.3 is 0 Å². The summed E-state index contributed by atoms with van der Waals surface area (Å²) in [5, 5.41) is 17.1. The molecule has 0 unspecified atom stereocenters. The van der Waals surface area contributed by atoms with Crippen LogP contribution in [-0.2, 0) is 4.79 Å². The molecule has 0 radical (unpaired) electrons. The number of rotatable bonds is 8. The number of nitro benzene ring substituents is 1. The minimum Gasteiger partial charge on any atom is -0.449 e. The molecule has 2 amide bonds. The van der Waals surface area contributed by atoms with Crippen LogP contribution >= 0.6 is 0 Å². The van der Waals surface area contributed by atoms with Crippen molar-refractivity contribution in [3.8, 4) is 0 Å². The average molecular weight is 506 g/mol. The number of para-hydroxylation sites is 1. The molecule has 0 fully saturated rings. The second-order valence-corrected chi connectivity index (χ2v) is 8.69. The number of anilines is 2. The van der Waals surface area contributed by atoms with Gasteiger partial charge in [0.1, 0.15) is 11.3 Å². The number of non-ortho nitro benzene ring substituents is 1. The molecule has 8 nitrogen and oxygen atoms in total. The van der Waals surface area contributed by atoms with Crippen molar-refractivity contribution in [3.05, 3.63) is 136 Å². The summed E-state index contributed by atoms with van der Waals surface area (Å²) in [4.78, 5) is 37.0. The third-order valence-electron chi connectivity index (χ3n) is 6.20. The van der Waals surface area contributed by atoms with Gasteiger partial charge in [-0.1, -0.05) is 72.8 Å². The molecule has 0 aliphatic heterocycles. The van der Waals surface area contributed by atoms with Gasteiger partial charge in [0, 0.05) is 35.5 Å². The summed E-state index contributed by atoms with van der Waals surface area (Å²) in [6.45, 7) is 0. The number of furan rings is 1. The van der Waals surface area contributed by atoms with Crippen molar-refractivity contribution in [1.29, 1.82) is 0 Å². The monoisotopic (exact) mass is 505 g/mol. The zero-order valence-electron chi connectivity index (χ0n) is 20.2. The summed E-state index contributed by atoms with van der Waals surface area (Å²) in [5.41, 5.74) is 2.98. The van der Waals surface area contributed by atoms with Crippen molar-refractivity contribution < 1.29 is 18.9 Å². The van der Waals surface area contributed by atoms with E-state index in [2.05, 4.69) is 10.6 Å². The predicted molar refractivity (Wildman–Crippen MR) is 145 cm³/mol. The Hall–Kier alpha value is -5.24. The summed E-state index contributed by atoms with van der Waals surface area (Å²) in [7, 11) is 0. The lowest BCUT2D eigenvalue weighted by Crippen LogP contribution is -2.19. The Labute approximate surface area is 218 Å². The van der Waals surface area contributed by atoms with E-state index in [0.717, 1.165) is 11.1 Å². The lowest BCUT2D eigenvalue weighted by molar-refractivity contribution is -0.384. The van der Waals surface area contributed by atoms with Crippen LogP contribution in [0.5, 0.6) is 0 Å². The first kappa shape index (κ1) is 24.5. The largest absolute Gasteiger partial charge is 0.449 e. The standard InChI is InChI=1S/C30H23N3O5/c34-27(19-25(20-9-3-1-4-10-20)21-11-5-2-6-12-21)32-28-24-13-7-8-14-26(24)38-29(28)30(35)31-22-15-17-23(18-16-22)33(36)37/h1-18,25H,19H2,(H,31,35)(H,32,34). The highest BCUT2D eigenvalue weighted by Crippen LogP contribution is 2.33. The third-order valence-corrected chi connectivity index (χ3v) is 6.20. The summed E-state index contributed by atoms with van der Waals surface area (Å²) in [6.07, 6.45) is 0.150. The number of carbonyl (C=O) groups excluding carboxylic acids is 2. The summed E-state index contributed by atoms with van der Waals surface area (Å²) >= 11 is 0. The zero-order chi connectivity index (χ0) is 26.5. The van der Waals surface area contributed by atoms with Crippen LogP contribution in [0.3, 0.4) is 0 Å². The van der Waals surface area contributed by atoms with Crippen LogP contribution in [0.4, 0.5) is 17.1 Å². The third kappa shape index (κ3) is 5.29. The Morgan fingerprint density at radius 3 is 1.95 bits per heavy atom. The molecule has 38 heavy (non-hydrogen) atoms. The molecule has 0 bridgehead atoms. The van der Waals surface area contributed by atoms with E-state index in [-0.39, 0.29) is 35.4 Å². The minimum absolute atomic E-state index is 0.0612. The smallest absolute Gasteiger partial charge is 0.293 e. The highest BCUT2D eigenvalue weighted by atomic mass is 16.6. The van der Waals surface area contributed by atoms with Gasteiger partial charge in [0.25, 0.3) is 11.6 Å². The number of carbonyl (C=O) groups is 2. The first-order chi connectivity index (χ1) is 18.5. The molecular formula is C30H23N3O5. The van der Waals surface area contributed by atoms with Crippen LogP contribution in [0.15, 0.2) is 114 Å².